The quantitative estimate of drug-likeness (QED) is 0.471. The van der Waals surface area contributed by atoms with Crippen molar-refractivity contribution >= 4 is 35.0 Å². The van der Waals surface area contributed by atoms with Gasteiger partial charge in [0.05, 0.1) is 11.4 Å². The topological polar surface area (TPSA) is 74.8 Å². The largest absolute Gasteiger partial charge is 0.269 e. The van der Waals surface area contributed by atoms with E-state index in [0.717, 1.165) is 33.4 Å². The highest BCUT2D eigenvalue weighted by Gasteiger charge is 2.34. The summed E-state index contributed by atoms with van der Waals surface area (Å²) in [5.74, 6) is -1.08. The zero-order valence-electron chi connectivity index (χ0n) is 22.5. The summed E-state index contributed by atoms with van der Waals surface area (Å²) in [6.45, 7) is 11.5. The molecule has 0 N–H and O–H groups in total. The number of carbonyl (C=O) groups excluding carboxylic acids is 4. The molecular weight excluding hydrogens is 464 g/mol. The van der Waals surface area contributed by atoms with Crippen molar-refractivity contribution in [2.24, 2.45) is 0 Å². The minimum Gasteiger partial charge on any atom is -0.269 e. The van der Waals surface area contributed by atoms with Gasteiger partial charge in [0, 0.05) is 23.3 Å². The Hall–Kier alpha value is -3.80. The highest BCUT2D eigenvalue weighted by atomic mass is 16.2. The van der Waals surface area contributed by atoms with Crippen molar-refractivity contribution in [1.29, 1.82) is 0 Å². The Morgan fingerprint density at radius 1 is 0.541 bits per heavy atom. The van der Waals surface area contributed by atoms with Crippen LogP contribution in [0.2, 0.25) is 0 Å². The minimum atomic E-state index is -0.286. The number of aryl methyl sites for hydroxylation is 4. The van der Waals surface area contributed by atoms with Gasteiger partial charge in [0.25, 0.3) is 23.6 Å². The van der Waals surface area contributed by atoms with E-state index in [1.165, 1.54) is 22.0 Å². The number of hydrogen-bond donors (Lipinski definition) is 0. The van der Waals surface area contributed by atoms with E-state index in [9.17, 15) is 19.2 Å². The standard InChI is InChI=1S/C31H34N2O4/c1-7-22-14-20(15-23(8-2)28(22)32-26(34)11-18(5)30(32)36)13-21-16-24(9-3)29(25(10-4)17-21)33-27(35)12-19(6)31(33)37/h11-12,14-17H,7-10,13H2,1-6H3. The number of anilines is 2. The van der Waals surface area contributed by atoms with E-state index in [4.69, 9.17) is 0 Å². The second kappa shape index (κ2) is 10.3. The molecule has 4 rings (SSSR count). The first-order chi connectivity index (χ1) is 17.6. The number of imide groups is 2. The molecule has 2 aromatic carbocycles. The molecule has 0 bridgehead atoms. The van der Waals surface area contributed by atoms with Crippen molar-refractivity contribution in [3.8, 4) is 0 Å². The summed E-state index contributed by atoms with van der Waals surface area (Å²) in [6, 6.07) is 8.37. The van der Waals surface area contributed by atoms with Crippen molar-refractivity contribution in [1.82, 2.24) is 0 Å². The Balaban J connectivity index is 1.75. The molecule has 0 radical (unpaired) electrons. The first kappa shape index (κ1) is 26.3. The molecular formula is C31H34N2O4. The molecule has 0 atom stereocenters. The van der Waals surface area contributed by atoms with E-state index < -0.39 is 0 Å². The predicted octanol–water partition coefficient (Wildman–Crippen LogP) is 5.17. The number of rotatable bonds is 8. The molecule has 2 aromatic rings. The van der Waals surface area contributed by atoms with E-state index in [2.05, 4.69) is 24.3 Å². The van der Waals surface area contributed by atoms with Crippen LogP contribution < -0.4 is 9.80 Å². The average molecular weight is 499 g/mol. The normalized spacial score (nSPS) is 15.7. The summed E-state index contributed by atoms with van der Waals surface area (Å²) >= 11 is 0. The third kappa shape index (κ3) is 4.57. The highest BCUT2D eigenvalue weighted by Crippen LogP contribution is 2.35. The zero-order chi connectivity index (χ0) is 27.0. The molecule has 2 aliphatic rings. The van der Waals surface area contributed by atoms with Gasteiger partial charge in [-0.1, -0.05) is 52.0 Å². The Morgan fingerprint density at radius 3 is 1.05 bits per heavy atom. The molecule has 4 amide bonds. The fourth-order valence-corrected chi connectivity index (χ4v) is 5.36. The molecule has 2 heterocycles. The molecule has 0 aliphatic carbocycles. The Kier molecular flexibility index (Phi) is 7.30. The maximum absolute atomic E-state index is 12.8. The van der Waals surface area contributed by atoms with Crippen molar-refractivity contribution < 1.29 is 19.2 Å². The average Bonchev–Trinajstić information content (AvgIpc) is 3.28. The molecule has 192 valence electrons. The molecule has 37 heavy (non-hydrogen) atoms. The van der Waals surface area contributed by atoms with Crippen LogP contribution in [-0.4, -0.2) is 23.6 Å². The monoisotopic (exact) mass is 498 g/mol. The molecule has 0 spiro atoms. The first-order valence-corrected chi connectivity index (χ1v) is 13.1. The summed E-state index contributed by atoms with van der Waals surface area (Å²) in [5.41, 5.74) is 8.42. The second-order valence-corrected chi connectivity index (χ2v) is 9.73. The van der Waals surface area contributed by atoms with Crippen LogP contribution in [0.25, 0.3) is 0 Å². The highest BCUT2D eigenvalue weighted by molar-refractivity contribution is 6.31. The third-order valence-corrected chi connectivity index (χ3v) is 7.24. The van der Waals surface area contributed by atoms with Crippen LogP contribution in [-0.2, 0) is 51.3 Å². The molecule has 0 saturated heterocycles. The van der Waals surface area contributed by atoms with Gasteiger partial charge in [0.2, 0.25) is 0 Å². The van der Waals surface area contributed by atoms with Gasteiger partial charge in [-0.05, 0) is 79.3 Å². The van der Waals surface area contributed by atoms with Crippen LogP contribution in [0.15, 0.2) is 47.6 Å². The lowest BCUT2D eigenvalue weighted by Gasteiger charge is -2.24. The summed E-state index contributed by atoms with van der Waals surface area (Å²) in [4.78, 5) is 53.4. The maximum atomic E-state index is 12.8. The first-order valence-electron chi connectivity index (χ1n) is 13.1. The summed E-state index contributed by atoms with van der Waals surface area (Å²) in [7, 11) is 0. The van der Waals surface area contributed by atoms with E-state index in [-0.39, 0.29) is 23.6 Å². The molecule has 0 aromatic heterocycles. The van der Waals surface area contributed by atoms with E-state index in [1.807, 2.05) is 27.7 Å². The minimum absolute atomic E-state index is 0.256. The van der Waals surface area contributed by atoms with Crippen LogP contribution in [0.5, 0.6) is 0 Å². The molecule has 0 fully saturated rings. The number of nitrogens with zero attached hydrogens (tertiary/aromatic N) is 2. The fraction of sp³-hybridized carbons (Fsp3) is 0.355. The van der Waals surface area contributed by atoms with Gasteiger partial charge in [-0.15, -0.1) is 0 Å². The summed E-state index contributed by atoms with van der Waals surface area (Å²) in [5, 5.41) is 0. The van der Waals surface area contributed by atoms with Gasteiger partial charge in [-0.2, -0.15) is 0 Å². The molecule has 2 aliphatic heterocycles. The number of carbonyl (C=O) groups is 4. The molecule has 0 saturated carbocycles. The van der Waals surface area contributed by atoms with E-state index in [0.29, 0.717) is 54.6 Å². The lowest BCUT2D eigenvalue weighted by molar-refractivity contribution is -0.121. The lowest BCUT2D eigenvalue weighted by atomic mass is 9.92. The lowest BCUT2D eigenvalue weighted by Crippen LogP contribution is -2.32. The van der Waals surface area contributed by atoms with Crippen LogP contribution in [0.4, 0.5) is 11.4 Å². The zero-order valence-corrected chi connectivity index (χ0v) is 22.5. The molecule has 6 nitrogen and oxygen atoms in total. The van der Waals surface area contributed by atoms with Crippen molar-refractivity contribution in [2.45, 2.75) is 73.6 Å². The van der Waals surface area contributed by atoms with E-state index >= 15 is 0 Å². The van der Waals surface area contributed by atoms with Gasteiger partial charge in [-0.25, -0.2) is 9.80 Å². The Labute approximate surface area is 218 Å². The smallest absolute Gasteiger partial charge is 0.261 e. The van der Waals surface area contributed by atoms with E-state index in [1.54, 1.807) is 13.8 Å². The van der Waals surface area contributed by atoms with Crippen molar-refractivity contribution in [3.63, 3.8) is 0 Å². The predicted molar refractivity (Wildman–Crippen MR) is 146 cm³/mol. The Bertz CT molecular complexity index is 1240. The number of hydrogen-bond acceptors (Lipinski definition) is 4. The van der Waals surface area contributed by atoms with Crippen LogP contribution in [0.1, 0.15) is 74.9 Å². The summed E-state index contributed by atoms with van der Waals surface area (Å²) in [6.07, 6.45) is 6.24. The molecule has 6 heteroatoms. The summed E-state index contributed by atoms with van der Waals surface area (Å²) < 4.78 is 0. The van der Waals surface area contributed by atoms with Gasteiger partial charge in [0.1, 0.15) is 0 Å². The van der Waals surface area contributed by atoms with Gasteiger partial charge in [0.15, 0.2) is 0 Å². The SMILES string of the molecule is CCc1cc(Cc2cc(CC)c(N3C(=O)C=C(C)C3=O)c(CC)c2)cc(CC)c1N1C(=O)C=C(C)C1=O. The van der Waals surface area contributed by atoms with Crippen molar-refractivity contribution in [2.75, 3.05) is 9.80 Å². The van der Waals surface area contributed by atoms with Gasteiger partial charge < -0.3 is 0 Å². The van der Waals surface area contributed by atoms with Gasteiger partial charge in [-0.3, -0.25) is 19.2 Å². The second-order valence-electron chi connectivity index (χ2n) is 9.73. The number of benzene rings is 2. The Morgan fingerprint density at radius 2 is 0.838 bits per heavy atom. The third-order valence-electron chi connectivity index (χ3n) is 7.24. The fourth-order valence-electron chi connectivity index (χ4n) is 5.36. The van der Waals surface area contributed by atoms with Crippen LogP contribution in [0, 0.1) is 0 Å². The molecule has 0 unspecified atom stereocenters. The van der Waals surface area contributed by atoms with Crippen LogP contribution in [0.3, 0.4) is 0 Å². The van der Waals surface area contributed by atoms with Gasteiger partial charge >= 0.3 is 0 Å². The van der Waals surface area contributed by atoms with Crippen molar-refractivity contribution in [3.05, 3.63) is 80.9 Å². The number of amides is 4. The van der Waals surface area contributed by atoms with Crippen LogP contribution >= 0.6 is 0 Å². The maximum Gasteiger partial charge on any atom is 0.261 e.